The van der Waals surface area contributed by atoms with Crippen LogP contribution in [0.15, 0.2) is 4.42 Å². The number of carbonyl (C=O) groups excluding carboxylic acids is 1. The lowest BCUT2D eigenvalue weighted by Crippen LogP contribution is -2.43. The largest absolute Gasteiger partial charge is 0.481 e. The van der Waals surface area contributed by atoms with Gasteiger partial charge < -0.3 is 20.2 Å². The summed E-state index contributed by atoms with van der Waals surface area (Å²) in [7, 11) is 0. The quantitative estimate of drug-likeness (QED) is 0.745. The van der Waals surface area contributed by atoms with E-state index >= 15 is 0 Å². The number of amides is 2. The lowest BCUT2D eigenvalue weighted by molar-refractivity contribution is -0.146. The third-order valence-electron chi connectivity index (χ3n) is 2.74. The maximum Gasteiger partial charge on any atom is 0.315 e. The van der Waals surface area contributed by atoms with E-state index in [0.717, 1.165) is 5.69 Å². The van der Waals surface area contributed by atoms with Crippen molar-refractivity contribution < 1.29 is 19.1 Å². The van der Waals surface area contributed by atoms with Crippen molar-refractivity contribution in [2.24, 2.45) is 5.41 Å². The number of aliphatic carboxylic acids is 1. The molecule has 3 N–H and O–H groups in total. The smallest absolute Gasteiger partial charge is 0.315 e. The molecule has 106 valence electrons. The fraction of sp³-hybridized carbons (Fsp3) is 0.583. The molecule has 0 aromatic carbocycles. The molecule has 0 unspecified atom stereocenters. The first-order valence-corrected chi connectivity index (χ1v) is 5.90. The summed E-state index contributed by atoms with van der Waals surface area (Å²) in [6.07, 6.45) is 0. The molecular formula is C12H19N3O4. The Kier molecular flexibility index (Phi) is 4.52. The van der Waals surface area contributed by atoms with Crippen molar-refractivity contribution in [3.63, 3.8) is 0 Å². The summed E-state index contributed by atoms with van der Waals surface area (Å²) in [6, 6.07) is -0.456. The molecule has 1 rings (SSSR count). The van der Waals surface area contributed by atoms with E-state index in [-0.39, 0.29) is 13.1 Å². The SMILES string of the molecule is Cc1nc(CNC(=O)NCC(C)(C)C(=O)O)oc1C. The first-order valence-electron chi connectivity index (χ1n) is 5.90. The Bertz CT molecular complexity index is 460. The van der Waals surface area contributed by atoms with Gasteiger partial charge in [0.25, 0.3) is 0 Å². The number of carboxylic acid groups (broad SMARTS) is 1. The molecule has 0 spiro atoms. The lowest BCUT2D eigenvalue weighted by atomic mass is 9.94. The first kappa shape index (κ1) is 15.0. The Balaban J connectivity index is 2.38. The fourth-order valence-corrected chi connectivity index (χ4v) is 1.21. The van der Waals surface area contributed by atoms with Crippen LogP contribution in [0.2, 0.25) is 0 Å². The van der Waals surface area contributed by atoms with Crippen molar-refractivity contribution in [2.75, 3.05) is 6.54 Å². The number of oxazole rings is 1. The van der Waals surface area contributed by atoms with E-state index in [1.165, 1.54) is 13.8 Å². The fourth-order valence-electron chi connectivity index (χ4n) is 1.21. The van der Waals surface area contributed by atoms with Gasteiger partial charge in [-0.25, -0.2) is 9.78 Å². The molecule has 1 aromatic rings. The van der Waals surface area contributed by atoms with E-state index in [9.17, 15) is 9.59 Å². The normalized spacial score (nSPS) is 11.2. The Morgan fingerprint density at radius 3 is 2.42 bits per heavy atom. The van der Waals surface area contributed by atoms with E-state index in [2.05, 4.69) is 15.6 Å². The van der Waals surface area contributed by atoms with Crippen LogP contribution in [0, 0.1) is 19.3 Å². The average Bonchev–Trinajstić information content (AvgIpc) is 2.63. The molecule has 7 nitrogen and oxygen atoms in total. The summed E-state index contributed by atoms with van der Waals surface area (Å²) < 4.78 is 5.30. The minimum absolute atomic E-state index is 0.0395. The molecule has 7 heteroatoms. The third kappa shape index (κ3) is 4.27. The zero-order valence-electron chi connectivity index (χ0n) is 11.5. The van der Waals surface area contributed by atoms with Crippen LogP contribution >= 0.6 is 0 Å². The number of aryl methyl sites for hydroxylation is 2. The second-order valence-electron chi connectivity index (χ2n) is 4.97. The highest BCUT2D eigenvalue weighted by molar-refractivity contribution is 5.77. The molecule has 0 aliphatic rings. The van der Waals surface area contributed by atoms with E-state index in [4.69, 9.17) is 9.52 Å². The molecule has 0 saturated heterocycles. The van der Waals surface area contributed by atoms with Gasteiger partial charge in [-0.3, -0.25) is 4.79 Å². The van der Waals surface area contributed by atoms with Gasteiger partial charge in [0.1, 0.15) is 5.76 Å². The summed E-state index contributed by atoms with van der Waals surface area (Å²) in [5, 5.41) is 13.9. The zero-order chi connectivity index (χ0) is 14.6. The topological polar surface area (TPSA) is 104 Å². The standard InChI is InChI=1S/C12H19N3O4/c1-7-8(2)19-9(15-7)5-13-11(18)14-6-12(3,4)10(16)17/h5-6H2,1-4H3,(H,16,17)(H2,13,14,18). The predicted octanol–water partition coefficient (Wildman–Crippen LogP) is 1.20. The molecule has 0 atom stereocenters. The van der Waals surface area contributed by atoms with Gasteiger partial charge in [-0.1, -0.05) is 0 Å². The molecule has 1 aromatic heterocycles. The van der Waals surface area contributed by atoms with Gasteiger partial charge in [-0.15, -0.1) is 0 Å². The molecule has 1 heterocycles. The van der Waals surface area contributed by atoms with Gasteiger partial charge in [0, 0.05) is 6.54 Å². The number of hydrogen-bond donors (Lipinski definition) is 3. The van der Waals surface area contributed by atoms with Crippen LogP contribution in [0.1, 0.15) is 31.2 Å². The summed E-state index contributed by atoms with van der Waals surface area (Å²) >= 11 is 0. The average molecular weight is 269 g/mol. The van der Waals surface area contributed by atoms with Crippen molar-refractivity contribution in [3.8, 4) is 0 Å². The van der Waals surface area contributed by atoms with Crippen LogP contribution in [0.5, 0.6) is 0 Å². The van der Waals surface area contributed by atoms with Crippen LogP contribution < -0.4 is 10.6 Å². The van der Waals surface area contributed by atoms with Gasteiger partial charge >= 0.3 is 12.0 Å². The number of nitrogens with zero attached hydrogens (tertiary/aromatic N) is 1. The van der Waals surface area contributed by atoms with E-state index in [1.54, 1.807) is 6.92 Å². The molecule has 0 fully saturated rings. The van der Waals surface area contributed by atoms with Gasteiger partial charge in [0.15, 0.2) is 0 Å². The van der Waals surface area contributed by atoms with Crippen molar-refractivity contribution in [1.29, 1.82) is 0 Å². The molecular weight excluding hydrogens is 250 g/mol. The third-order valence-corrected chi connectivity index (χ3v) is 2.74. The van der Waals surface area contributed by atoms with Crippen LogP contribution in [0.3, 0.4) is 0 Å². The van der Waals surface area contributed by atoms with E-state index in [1.807, 2.05) is 6.92 Å². The second-order valence-corrected chi connectivity index (χ2v) is 4.97. The molecule has 2 amide bonds. The summed E-state index contributed by atoms with van der Waals surface area (Å²) in [6.45, 7) is 6.89. The number of carboxylic acids is 1. The molecule has 0 aliphatic heterocycles. The Hall–Kier alpha value is -2.05. The highest BCUT2D eigenvalue weighted by Gasteiger charge is 2.27. The van der Waals surface area contributed by atoms with E-state index < -0.39 is 17.4 Å². The second kappa shape index (κ2) is 5.73. The van der Waals surface area contributed by atoms with Crippen molar-refractivity contribution >= 4 is 12.0 Å². The highest BCUT2D eigenvalue weighted by atomic mass is 16.4. The molecule has 0 bridgehead atoms. The summed E-state index contributed by atoms with van der Waals surface area (Å²) in [5.74, 6) is 0.165. The van der Waals surface area contributed by atoms with Gasteiger partial charge in [-0.2, -0.15) is 0 Å². The number of nitrogens with one attached hydrogen (secondary N) is 2. The Labute approximate surface area is 111 Å². The highest BCUT2D eigenvalue weighted by Crippen LogP contribution is 2.13. The Morgan fingerprint density at radius 1 is 1.32 bits per heavy atom. The number of urea groups is 1. The molecule has 0 saturated carbocycles. The molecule has 19 heavy (non-hydrogen) atoms. The van der Waals surface area contributed by atoms with Gasteiger partial charge in [-0.05, 0) is 27.7 Å². The number of hydrogen-bond acceptors (Lipinski definition) is 4. The minimum atomic E-state index is -1.01. The van der Waals surface area contributed by atoms with Crippen LogP contribution in [0.25, 0.3) is 0 Å². The van der Waals surface area contributed by atoms with Crippen molar-refractivity contribution in [1.82, 2.24) is 15.6 Å². The maximum atomic E-state index is 11.5. The number of aromatic nitrogens is 1. The molecule has 0 radical (unpaired) electrons. The zero-order valence-corrected chi connectivity index (χ0v) is 11.5. The monoisotopic (exact) mass is 269 g/mol. The van der Waals surface area contributed by atoms with Crippen LogP contribution in [0.4, 0.5) is 4.79 Å². The first-order chi connectivity index (χ1) is 8.72. The maximum absolute atomic E-state index is 11.5. The van der Waals surface area contributed by atoms with Crippen molar-refractivity contribution in [2.45, 2.75) is 34.2 Å². The van der Waals surface area contributed by atoms with E-state index in [0.29, 0.717) is 11.7 Å². The Morgan fingerprint density at radius 2 is 1.95 bits per heavy atom. The van der Waals surface area contributed by atoms with Gasteiger partial charge in [0.2, 0.25) is 5.89 Å². The van der Waals surface area contributed by atoms with Crippen LogP contribution in [-0.4, -0.2) is 28.6 Å². The number of rotatable bonds is 5. The van der Waals surface area contributed by atoms with Gasteiger partial charge in [0.05, 0.1) is 17.7 Å². The lowest BCUT2D eigenvalue weighted by Gasteiger charge is -2.19. The number of carbonyl (C=O) groups is 2. The minimum Gasteiger partial charge on any atom is -0.481 e. The van der Waals surface area contributed by atoms with Crippen LogP contribution in [-0.2, 0) is 11.3 Å². The summed E-state index contributed by atoms with van der Waals surface area (Å²) in [5.41, 5.74) is -0.225. The summed E-state index contributed by atoms with van der Waals surface area (Å²) in [4.78, 5) is 26.5. The predicted molar refractivity (Wildman–Crippen MR) is 67.6 cm³/mol. The van der Waals surface area contributed by atoms with Crippen molar-refractivity contribution in [3.05, 3.63) is 17.3 Å². The molecule has 0 aliphatic carbocycles.